The highest BCUT2D eigenvalue weighted by atomic mass is 16.6. The van der Waals surface area contributed by atoms with Crippen LogP contribution in [0.5, 0.6) is 0 Å². The van der Waals surface area contributed by atoms with Gasteiger partial charge in [0.05, 0.1) is 6.61 Å². The van der Waals surface area contributed by atoms with Crippen LogP contribution in [0.1, 0.15) is 19.4 Å². The Morgan fingerprint density at radius 3 is 2.36 bits per heavy atom. The molecule has 0 unspecified atom stereocenters. The van der Waals surface area contributed by atoms with E-state index < -0.39 is 6.09 Å². The number of nitrogens with zero attached hydrogens (tertiary/aromatic N) is 1. The van der Waals surface area contributed by atoms with Crippen molar-refractivity contribution in [2.24, 2.45) is 0 Å². The summed E-state index contributed by atoms with van der Waals surface area (Å²) in [6.07, 6.45) is -0.530. The molecule has 0 saturated carbocycles. The van der Waals surface area contributed by atoms with Crippen molar-refractivity contribution in [1.29, 1.82) is 0 Å². The molecule has 3 amide bonds. The van der Waals surface area contributed by atoms with Crippen LogP contribution in [0.25, 0.3) is 0 Å². The lowest BCUT2D eigenvalue weighted by molar-refractivity contribution is -0.122. The Labute approximate surface area is 129 Å². The number of likely N-dealkylation sites (N-methyl/N-ethyl adjacent to an activating group) is 1. The van der Waals surface area contributed by atoms with Crippen molar-refractivity contribution in [3.05, 3.63) is 29.8 Å². The number of nitrogens with one attached hydrogen (secondary N) is 2. The van der Waals surface area contributed by atoms with Crippen molar-refractivity contribution in [2.75, 3.05) is 25.5 Å². The molecule has 0 fully saturated rings. The van der Waals surface area contributed by atoms with Gasteiger partial charge in [0.25, 0.3) is 0 Å². The van der Waals surface area contributed by atoms with E-state index in [-0.39, 0.29) is 25.0 Å². The number of benzene rings is 1. The van der Waals surface area contributed by atoms with Crippen molar-refractivity contribution >= 4 is 23.6 Å². The number of hydrogen-bond acceptors (Lipinski definition) is 4. The zero-order valence-electron chi connectivity index (χ0n) is 13.0. The van der Waals surface area contributed by atoms with Crippen LogP contribution in [-0.2, 0) is 20.9 Å². The molecule has 0 aliphatic heterocycles. The van der Waals surface area contributed by atoms with Crippen LogP contribution in [0.2, 0.25) is 0 Å². The van der Waals surface area contributed by atoms with Crippen LogP contribution >= 0.6 is 0 Å². The van der Waals surface area contributed by atoms with Gasteiger partial charge in [0.2, 0.25) is 11.8 Å². The predicted molar refractivity (Wildman–Crippen MR) is 82.2 cm³/mol. The maximum Gasteiger partial charge on any atom is 0.409 e. The van der Waals surface area contributed by atoms with Crippen molar-refractivity contribution in [2.45, 2.75) is 20.4 Å². The summed E-state index contributed by atoms with van der Waals surface area (Å²) < 4.78 is 4.78. The van der Waals surface area contributed by atoms with E-state index in [2.05, 4.69) is 10.6 Å². The smallest absolute Gasteiger partial charge is 0.409 e. The van der Waals surface area contributed by atoms with Crippen LogP contribution in [-0.4, -0.2) is 43.0 Å². The minimum atomic E-state index is -0.530. The normalized spacial score (nSPS) is 9.77. The molecule has 1 rings (SSSR count). The van der Waals surface area contributed by atoms with Crippen LogP contribution in [0, 0.1) is 0 Å². The van der Waals surface area contributed by atoms with Gasteiger partial charge in [0, 0.05) is 26.2 Å². The molecule has 0 aliphatic carbocycles. The van der Waals surface area contributed by atoms with Gasteiger partial charge in [-0.15, -0.1) is 0 Å². The highest BCUT2D eigenvalue weighted by molar-refractivity contribution is 5.88. The lowest BCUT2D eigenvalue weighted by Gasteiger charge is -2.16. The molecule has 0 aliphatic rings. The second-order valence-electron chi connectivity index (χ2n) is 4.71. The number of hydrogen-bond donors (Lipinski definition) is 2. The molecule has 120 valence electrons. The lowest BCUT2D eigenvalue weighted by Crippen LogP contribution is -2.38. The zero-order chi connectivity index (χ0) is 16.5. The van der Waals surface area contributed by atoms with Gasteiger partial charge in [-0.25, -0.2) is 4.79 Å². The standard InChI is InChI=1S/C15H21N3O4/c1-4-22-15(21)18(3)10-14(20)16-9-12-5-7-13(8-6-12)17-11(2)19/h5-8H,4,9-10H2,1-3H3,(H,16,20)(H,17,19). The number of carbonyl (C=O) groups is 3. The second kappa shape index (κ2) is 8.66. The molecule has 2 N–H and O–H groups in total. The maximum absolute atomic E-state index is 11.7. The predicted octanol–water partition coefficient (Wildman–Crippen LogP) is 1.35. The van der Waals surface area contributed by atoms with E-state index in [0.717, 1.165) is 5.56 Å². The van der Waals surface area contributed by atoms with Gasteiger partial charge in [-0.2, -0.15) is 0 Å². The van der Waals surface area contributed by atoms with E-state index in [1.807, 2.05) is 0 Å². The van der Waals surface area contributed by atoms with E-state index in [9.17, 15) is 14.4 Å². The van der Waals surface area contributed by atoms with E-state index in [4.69, 9.17) is 4.74 Å². The fourth-order valence-electron chi connectivity index (χ4n) is 1.68. The second-order valence-corrected chi connectivity index (χ2v) is 4.71. The van der Waals surface area contributed by atoms with Gasteiger partial charge in [-0.05, 0) is 24.6 Å². The van der Waals surface area contributed by atoms with Gasteiger partial charge in [-0.3, -0.25) is 9.59 Å². The maximum atomic E-state index is 11.7. The van der Waals surface area contributed by atoms with Gasteiger partial charge in [0.15, 0.2) is 0 Å². The Morgan fingerprint density at radius 2 is 1.82 bits per heavy atom. The number of rotatable bonds is 6. The molecule has 0 bridgehead atoms. The summed E-state index contributed by atoms with van der Waals surface area (Å²) >= 11 is 0. The molecule has 1 aromatic rings. The number of anilines is 1. The van der Waals surface area contributed by atoms with Crippen molar-refractivity contribution in [3.8, 4) is 0 Å². The molecule has 0 radical (unpaired) electrons. The zero-order valence-corrected chi connectivity index (χ0v) is 13.0. The molecule has 1 aromatic carbocycles. The first-order chi connectivity index (χ1) is 10.4. The molecule has 0 aromatic heterocycles. The number of amides is 3. The van der Waals surface area contributed by atoms with Crippen molar-refractivity contribution in [1.82, 2.24) is 10.2 Å². The first kappa shape index (κ1) is 17.5. The molecule has 7 nitrogen and oxygen atoms in total. The highest BCUT2D eigenvalue weighted by Gasteiger charge is 2.13. The van der Waals surface area contributed by atoms with E-state index in [1.54, 1.807) is 31.2 Å². The van der Waals surface area contributed by atoms with Gasteiger partial charge < -0.3 is 20.3 Å². The Morgan fingerprint density at radius 1 is 1.18 bits per heavy atom. The molecule has 22 heavy (non-hydrogen) atoms. The van der Waals surface area contributed by atoms with Crippen LogP contribution in [0.3, 0.4) is 0 Å². The van der Waals surface area contributed by atoms with E-state index in [0.29, 0.717) is 12.2 Å². The molecule has 7 heteroatoms. The summed E-state index contributed by atoms with van der Waals surface area (Å²) in [5.41, 5.74) is 1.59. The summed E-state index contributed by atoms with van der Waals surface area (Å²) in [5, 5.41) is 5.37. The number of ether oxygens (including phenoxy) is 1. The first-order valence-electron chi connectivity index (χ1n) is 6.93. The Balaban J connectivity index is 2.40. The van der Waals surface area contributed by atoms with Crippen molar-refractivity contribution < 1.29 is 19.1 Å². The van der Waals surface area contributed by atoms with Crippen LogP contribution in [0.15, 0.2) is 24.3 Å². The SMILES string of the molecule is CCOC(=O)N(C)CC(=O)NCc1ccc(NC(C)=O)cc1. The van der Waals surface area contributed by atoms with Crippen LogP contribution < -0.4 is 10.6 Å². The monoisotopic (exact) mass is 307 g/mol. The fourth-order valence-corrected chi connectivity index (χ4v) is 1.68. The summed E-state index contributed by atoms with van der Waals surface area (Å²) in [6.45, 7) is 3.69. The molecule has 0 spiro atoms. The minimum absolute atomic E-state index is 0.0667. The third-order valence-electron chi connectivity index (χ3n) is 2.72. The molecule has 0 saturated heterocycles. The molecular weight excluding hydrogens is 286 g/mol. The van der Waals surface area contributed by atoms with Gasteiger partial charge >= 0.3 is 6.09 Å². The Bertz CT molecular complexity index is 528. The Hall–Kier alpha value is -2.57. The average Bonchev–Trinajstić information content (AvgIpc) is 2.46. The molecular formula is C15H21N3O4. The number of carbonyl (C=O) groups excluding carboxylic acids is 3. The lowest BCUT2D eigenvalue weighted by atomic mass is 10.2. The summed E-state index contributed by atoms with van der Waals surface area (Å²) in [7, 11) is 1.50. The fraction of sp³-hybridized carbons (Fsp3) is 0.400. The van der Waals surface area contributed by atoms with Crippen molar-refractivity contribution in [3.63, 3.8) is 0 Å². The van der Waals surface area contributed by atoms with E-state index in [1.165, 1.54) is 18.9 Å². The first-order valence-corrected chi connectivity index (χ1v) is 6.93. The summed E-state index contributed by atoms with van der Waals surface area (Å²) in [6, 6.07) is 7.13. The third kappa shape index (κ3) is 6.25. The largest absolute Gasteiger partial charge is 0.450 e. The van der Waals surface area contributed by atoms with Gasteiger partial charge in [-0.1, -0.05) is 12.1 Å². The Kier molecular flexibility index (Phi) is 6.88. The summed E-state index contributed by atoms with van der Waals surface area (Å²) in [4.78, 5) is 35.2. The summed E-state index contributed by atoms with van der Waals surface area (Å²) in [5.74, 6) is -0.412. The quantitative estimate of drug-likeness (QED) is 0.830. The third-order valence-corrected chi connectivity index (χ3v) is 2.72. The van der Waals surface area contributed by atoms with E-state index >= 15 is 0 Å². The topological polar surface area (TPSA) is 87.7 Å². The highest BCUT2D eigenvalue weighted by Crippen LogP contribution is 2.09. The van der Waals surface area contributed by atoms with Gasteiger partial charge in [0.1, 0.15) is 6.54 Å². The molecule has 0 heterocycles. The minimum Gasteiger partial charge on any atom is -0.450 e. The van der Waals surface area contributed by atoms with Crippen LogP contribution in [0.4, 0.5) is 10.5 Å². The molecule has 0 atom stereocenters. The average molecular weight is 307 g/mol.